The molecule has 1 aromatic rings. The zero-order chi connectivity index (χ0) is 16.2. The number of esters is 1. The van der Waals surface area contributed by atoms with Crippen molar-refractivity contribution in [1.82, 2.24) is 10.0 Å². The van der Waals surface area contributed by atoms with Crippen LogP contribution in [0.15, 0.2) is 23.1 Å². The fourth-order valence-corrected chi connectivity index (χ4v) is 4.02. The highest BCUT2D eigenvalue weighted by molar-refractivity contribution is 7.89. The van der Waals surface area contributed by atoms with Crippen molar-refractivity contribution in [2.24, 2.45) is 5.92 Å². The Morgan fingerprint density at radius 1 is 1.45 bits per heavy atom. The number of benzene rings is 1. The largest absolute Gasteiger partial charge is 0.465 e. The summed E-state index contributed by atoms with van der Waals surface area (Å²) in [4.78, 5) is 11.8. The molecule has 1 saturated heterocycles. The standard InChI is InChI=1S/C15H22N2O4S/c1-11-13(15(18)21-2)6-3-7-14(11)22(19,20)17-10-12-5-4-8-16-9-12/h3,6-7,12,16-17H,4-5,8-10H2,1-2H3. The molecule has 1 heterocycles. The molecule has 0 radical (unpaired) electrons. The minimum Gasteiger partial charge on any atom is -0.465 e. The number of ether oxygens (including phenoxy) is 1. The number of methoxy groups -OCH3 is 1. The van der Waals surface area contributed by atoms with Crippen molar-refractivity contribution in [3.8, 4) is 0 Å². The van der Waals surface area contributed by atoms with Crippen molar-refractivity contribution in [3.63, 3.8) is 0 Å². The Morgan fingerprint density at radius 3 is 2.86 bits per heavy atom. The third-order valence-corrected chi connectivity index (χ3v) is 5.51. The van der Waals surface area contributed by atoms with Crippen molar-refractivity contribution in [1.29, 1.82) is 0 Å². The van der Waals surface area contributed by atoms with E-state index in [9.17, 15) is 13.2 Å². The monoisotopic (exact) mass is 326 g/mol. The fourth-order valence-electron chi connectivity index (χ4n) is 2.64. The summed E-state index contributed by atoms with van der Waals surface area (Å²) in [7, 11) is -2.37. The van der Waals surface area contributed by atoms with Crippen molar-refractivity contribution in [3.05, 3.63) is 29.3 Å². The van der Waals surface area contributed by atoms with E-state index in [4.69, 9.17) is 0 Å². The molecule has 0 spiro atoms. The maximum atomic E-state index is 12.5. The van der Waals surface area contributed by atoms with E-state index in [2.05, 4.69) is 14.8 Å². The van der Waals surface area contributed by atoms with Gasteiger partial charge < -0.3 is 10.1 Å². The minimum absolute atomic E-state index is 0.124. The molecule has 122 valence electrons. The van der Waals surface area contributed by atoms with Gasteiger partial charge in [-0.15, -0.1) is 0 Å². The molecule has 22 heavy (non-hydrogen) atoms. The maximum absolute atomic E-state index is 12.5. The SMILES string of the molecule is COC(=O)c1cccc(S(=O)(=O)NCC2CCCNC2)c1C. The number of hydrogen-bond acceptors (Lipinski definition) is 5. The van der Waals surface area contributed by atoms with Gasteiger partial charge in [0.25, 0.3) is 0 Å². The van der Waals surface area contributed by atoms with E-state index in [1.807, 2.05) is 0 Å². The summed E-state index contributed by atoms with van der Waals surface area (Å²) in [5, 5.41) is 3.26. The molecule has 1 atom stereocenters. The molecule has 2 rings (SSSR count). The lowest BCUT2D eigenvalue weighted by atomic mass is 10.0. The molecular formula is C15H22N2O4S. The van der Waals surface area contributed by atoms with Crippen LogP contribution in [0.1, 0.15) is 28.8 Å². The van der Waals surface area contributed by atoms with Gasteiger partial charge in [0.2, 0.25) is 10.0 Å². The summed E-state index contributed by atoms with van der Waals surface area (Å²) in [6.07, 6.45) is 2.07. The smallest absolute Gasteiger partial charge is 0.338 e. The van der Waals surface area contributed by atoms with E-state index in [0.29, 0.717) is 18.0 Å². The molecule has 0 bridgehead atoms. The Hall–Kier alpha value is -1.44. The van der Waals surface area contributed by atoms with E-state index >= 15 is 0 Å². The lowest BCUT2D eigenvalue weighted by molar-refractivity contribution is 0.0599. The number of nitrogens with one attached hydrogen (secondary N) is 2. The van der Waals surface area contributed by atoms with Crippen LogP contribution in [0.25, 0.3) is 0 Å². The Morgan fingerprint density at radius 2 is 2.23 bits per heavy atom. The average Bonchev–Trinajstić information content (AvgIpc) is 2.53. The van der Waals surface area contributed by atoms with E-state index in [-0.39, 0.29) is 10.5 Å². The van der Waals surface area contributed by atoms with Crippen LogP contribution in [-0.2, 0) is 14.8 Å². The highest BCUT2D eigenvalue weighted by Gasteiger charge is 2.22. The van der Waals surface area contributed by atoms with Crippen LogP contribution in [0, 0.1) is 12.8 Å². The summed E-state index contributed by atoms with van der Waals surface area (Å²) in [6.45, 7) is 3.83. The Balaban J connectivity index is 2.16. The Bertz CT molecular complexity index is 637. The molecule has 1 aromatic carbocycles. The van der Waals surface area contributed by atoms with E-state index in [1.54, 1.807) is 19.1 Å². The first kappa shape index (κ1) is 16.9. The van der Waals surface area contributed by atoms with Crippen LogP contribution >= 0.6 is 0 Å². The average molecular weight is 326 g/mol. The van der Waals surface area contributed by atoms with Crippen molar-refractivity contribution in [2.45, 2.75) is 24.7 Å². The van der Waals surface area contributed by atoms with Gasteiger partial charge in [0.1, 0.15) is 0 Å². The van der Waals surface area contributed by atoms with Gasteiger partial charge in [-0.05, 0) is 56.5 Å². The quantitative estimate of drug-likeness (QED) is 0.791. The topological polar surface area (TPSA) is 84.5 Å². The van der Waals surface area contributed by atoms with Gasteiger partial charge in [0.15, 0.2) is 0 Å². The molecule has 1 unspecified atom stereocenters. The molecular weight excluding hydrogens is 304 g/mol. The lowest BCUT2D eigenvalue weighted by Crippen LogP contribution is -2.38. The van der Waals surface area contributed by atoms with Crippen LogP contribution in [0.2, 0.25) is 0 Å². The third kappa shape index (κ3) is 3.85. The van der Waals surface area contributed by atoms with Crippen LogP contribution in [-0.4, -0.2) is 41.1 Å². The summed E-state index contributed by atoms with van der Waals surface area (Å²) >= 11 is 0. The molecule has 7 heteroatoms. The normalized spacial score (nSPS) is 18.9. The number of rotatable bonds is 5. The number of carbonyl (C=O) groups excluding carboxylic acids is 1. The van der Waals surface area contributed by atoms with Crippen molar-refractivity contribution in [2.75, 3.05) is 26.7 Å². The van der Waals surface area contributed by atoms with Gasteiger partial charge in [-0.3, -0.25) is 0 Å². The van der Waals surface area contributed by atoms with Gasteiger partial charge in [-0.25, -0.2) is 17.9 Å². The summed E-state index contributed by atoms with van der Waals surface area (Å²) in [5.74, 6) is -0.237. The zero-order valence-electron chi connectivity index (χ0n) is 12.9. The molecule has 0 amide bonds. The Kier molecular flexibility index (Phi) is 5.55. The molecule has 1 aliphatic rings. The molecule has 0 aromatic heterocycles. The second kappa shape index (κ2) is 7.21. The van der Waals surface area contributed by atoms with Gasteiger partial charge in [-0.1, -0.05) is 6.07 Å². The summed E-state index contributed by atoms with van der Waals surface area (Å²) in [6, 6.07) is 4.62. The molecule has 1 aliphatic heterocycles. The molecule has 2 N–H and O–H groups in total. The van der Waals surface area contributed by atoms with Crippen LogP contribution in [0.5, 0.6) is 0 Å². The number of hydrogen-bond donors (Lipinski definition) is 2. The second-order valence-corrected chi connectivity index (χ2v) is 7.22. The Labute approximate surface area is 131 Å². The number of sulfonamides is 1. The van der Waals surface area contributed by atoms with Crippen LogP contribution in [0.3, 0.4) is 0 Å². The van der Waals surface area contributed by atoms with E-state index in [1.165, 1.54) is 13.2 Å². The lowest BCUT2D eigenvalue weighted by Gasteiger charge is -2.23. The first-order valence-corrected chi connectivity index (χ1v) is 8.82. The first-order valence-electron chi connectivity index (χ1n) is 7.34. The number of piperidine rings is 1. The molecule has 0 aliphatic carbocycles. The fraction of sp³-hybridized carbons (Fsp3) is 0.533. The van der Waals surface area contributed by atoms with E-state index in [0.717, 1.165) is 25.9 Å². The number of carbonyl (C=O) groups is 1. The predicted molar refractivity (Wildman–Crippen MR) is 83.3 cm³/mol. The van der Waals surface area contributed by atoms with Gasteiger partial charge >= 0.3 is 5.97 Å². The second-order valence-electron chi connectivity index (χ2n) is 5.48. The molecule has 6 nitrogen and oxygen atoms in total. The van der Waals surface area contributed by atoms with Crippen molar-refractivity contribution >= 4 is 16.0 Å². The molecule has 1 fully saturated rings. The van der Waals surface area contributed by atoms with Crippen LogP contribution in [0.4, 0.5) is 0 Å². The predicted octanol–water partition coefficient (Wildman–Crippen LogP) is 1.06. The third-order valence-electron chi connectivity index (χ3n) is 3.94. The van der Waals surface area contributed by atoms with Crippen LogP contribution < -0.4 is 10.0 Å². The van der Waals surface area contributed by atoms with Gasteiger partial charge in [0.05, 0.1) is 17.6 Å². The van der Waals surface area contributed by atoms with Gasteiger partial charge in [-0.2, -0.15) is 0 Å². The first-order chi connectivity index (χ1) is 10.5. The maximum Gasteiger partial charge on any atom is 0.338 e. The van der Waals surface area contributed by atoms with Gasteiger partial charge in [0, 0.05) is 6.54 Å². The highest BCUT2D eigenvalue weighted by atomic mass is 32.2. The highest BCUT2D eigenvalue weighted by Crippen LogP contribution is 2.20. The summed E-state index contributed by atoms with van der Waals surface area (Å²) < 4.78 is 32.3. The summed E-state index contributed by atoms with van der Waals surface area (Å²) in [5.41, 5.74) is 0.674. The van der Waals surface area contributed by atoms with E-state index < -0.39 is 16.0 Å². The molecule has 0 saturated carbocycles. The zero-order valence-corrected chi connectivity index (χ0v) is 13.7. The van der Waals surface area contributed by atoms with Crippen molar-refractivity contribution < 1.29 is 17.9 Å². The minimum atomic E-state index is -3.64.